The molecule has 96 valence electrons. The van der Waals surface area contributed by atoms with Gasteiger partial charge in [0, 0.05) is 30.4 Å². The van der Waals surface area contributed by atoms with Gasteiger partial charge in [-0.25, -0.2) is 0 Å². The van der Waals surface area contributed by atoms with Gasteiger partial charge in [0.1, 0.15) is 0 Å². The second kappa shape index (κ2) is 8.88. The summed E-state index contributed by atoms with van der Waals surface area (Å²) < 4.78 is 0. The van der Waals surface area contributed by atoms with Crippen molar-refractivity contribution in [2.24, 2.45) is 4.99 Å². The largest absolute Gasteiger partial charge is 0.363 e. The van der Waals surface area contributed by atoms with E-state index in [2.05, 4.69) is 57.2 Å². The highest BCUT2D eigenvalue weighted by Crippen LogP contribution is 2.04. The van der Waals surface area contributed by atoms with Crippen LogP contribution in [-0.2, 0) is 0 Å². The molecule has 0 spiro atoms. The molecule has 0 aliphatic heterocycles. The van der Waals surface area contributed by atoms with Crippen molar-refractivity contribution in [2.75, 3.05) is 12.3 Å². The van der Waals surface area contributed by atoms with Gasteiger partial charge in [0.2, 0.25) is 0 Å². The van der Waals surface area contributed by atoms with Gasteiger partial charge in [0.15, 0.2) is 5.17 Å². The fourth-order valence-electron chi connectivity index (χ4n) is 1.09. The van der Waals surface area contributed by atoms with Crippen molar-refractivity contribution >= 4 is 16.9 Å². The van der Waals surface area contributed by atoms with Crippen LogP contribution in [0, 0.1) is 0 Å². The molecule has 0 saturated heterocycles. The standard InChI is InChI=1S/C12H27N3S/c1-9(2)13-7-8-16-12(14-10(3)4)15-11(5)6/h9-11,13H,7-8H2,1-6H3,(H,14,15). The average molecular weight is 245 g/mol. The summed E-state index contributed by atoms with van der Waals surface area (Å²) in [6.07, 6.45) is 0. The second-order valence-corrected chi connectivity index (χ2v) is 5.87. The first kappa shape index (κ1) is 15.8. The maximum atomic E-state index is 4.57. The molecule has 0 atom stereocenters. The number of nitrogens with one attached hydrogen (secondary N) is 2. The zero-order valence-electron chi connectivity index (χ0n) is 11.5. The van der Waals surface area contributed by atoms with E-state index in [1.54, 1.807) is 11.8 Å². The van der Waals surface area contributed by atoms with E-state index in [9.17, 15) is 0 Å². The number of rotatable bonds is 6. The minimum atomic E-state index is 0.354. The summed E-state index contributed by atoms with van der Waals surface area (Å²) in [4.78, 5) is 4.57. The summed E-state index contributed by atoms with van der Waals surface area (Å²) in [6, 6.07) is 1.36. The fourth-order valence-corrected chi connectivity index (χ4v) is 2.11. The molecular formula is C12H27N3S. The zero-order chi connectivity index (χ0) is 12.6. The summed E-state index contributed by atoms with van der Waals surface area (Å²) in [6.45, 7) is 13.9. The molecule has 16 heavy (non-hydrogen) atoms. The first-order valence-corrected chi connectivity index (χ1v) is 7.11. The number of nitrogens with zero attached hydrogens (tertiary/aromatic N) is 1. The third-order valence-corrected chi connectivity index (χ3v) is 2.59. The van der Waals surface area contributed by atoms with Gasteiger partial charge in [-0.2, -0.15) is 0 Å². The van der Waals surface area contributed by atoms with Crippen LogP contribution in [0.4, 0.5) is 0 Å². The molecule has 0 aliphatic rings. The van der Waals surface area contributed by atoms with Gasteiger partial charge in [0.25, 0.3) is 0 Å². The molecule has 2 N–H and O–H groups in total. The number of hydrogen-bond acceptors (Lipinski definition) is 3. The summed E-state index contributed by atoms with van der Waals surface area (Å²) in [5.41, 5.74) is 0. The first-order chi connectivity index (χ1) is 7.41. The summed E-state index contributed by atoms with van der Waals surface area (Å²) >= 11 is 1.80. The molecular weight excluding hydrogens is 218 g/mol. The van der Waals surface area contributed by atoms with Gasteiger partial charge < -0.3 is 10.6 Å². The maximum absolute atomic E-state index is 4.57. The lowest BCUT2D eigenvalue weighted by Gasteiger charge is -2.14. The smallest absolute Gasteiger partial charge is 0.157 e. The van der Waals surface area contributed by atoms with Crippen molar-refractivity contribution in [3.63, 3.8) is 0 Å². The predicted molar refractivity (Wildman–Crippen MR) is 76.4 cm³/mol. The van der Waals surface area contributed by atoms with Gasteiger partial charge in [-0.05, 0) is 27.7 Å². The molecule has 0 heterocycles. The number of thioether (sulfide) groups is 1. The van der Waals surface area contributed by atoms with Gasteiger partial charge in [-0.15, -0.1) is 0 Å². The van der Waals surface area contributed by atoms with E-state index >= 15 is 0 Å². The molecule has 0 amide bonds. The Morgan fingerprint density at radius 2 is 1.69 bits per heavy atom. The van der Waals surface area contributed by atoms with E-state index in [0.29, 0.717) is 18.1 Å². The number of amidine groups is 1. The lowest BCUT2D eigenvalue weighted by Crippen LogP contribution is -2.31. The van der Waals surface area contributed by atoms with Crippen LogP contribution >= 0.6 is 11.8 Å². The maximum Gasteiger partial charge on any atom is 0.157 e. The quantitative estimate of drug-likeness (QED) is 0.429. The molecule has 0 aromatic carbocycles. The Bertz CT molecular complexity index is 200. The average Bonchev–Trinajstić information content (AvgIpc) is 2.09. The predicted octanol–water partition coefficient (Wildman–Crippen LogP) is 2.48. The third kappa shape index (κ3) is 10.3. The van der Waals surface area contributed by atoms with Crippen LogP contribution in [-0.4, -0.2) is 35.6 Å². The SMILES string of the molecule is CC(C)N=C(NC(C)C)SCCNC(C)C. The molecule has 0 saturated carbocycles. The molecule has 0 radical (unpaired) electrons. The fraction of sp³-hybridized carbons (Fsp3) is 0.917. The lowest BCUT2D eigenvalue weighted by molar-refractivity contribution is 0.616. The minimum Gasteiger partial charge on any atom is -0.363 e. The third-order valence-electron chi connectivity index (χ3n) is 1.68. The Labute approximate surface area is 105 Å². The van der Waals surface area contributed by atoms with Crippen LogP contribution in [0.1, 0.15) is 41.5 Å². The van der Waals surface area contributed by atoms with Crippen LogP contribution < -0.4 is 10.6 Å². The Kier molecular flexibility index (Phi) is 8.76. The van der Waals surface area contributed by atoms with E-state index in [0.717, 1.165) is 17.5 Å². The highest BCUT2D eigenvalue weighted by molar-refractivity contribution is 8.13. The highest BCUT2D eigenvalue weighted by Gasteiger charge is 2.03. The van der Waals surface area contributed by atoms with Crippen molar-refractivity contribution in [1.29, 1.82) is 0 Å². The van der Waals surface area contributed by atoms with Gasteiger partial charge in [-0.3, -0.25) is 4.99 Å². The van der Waals surface area contributed by atoms with Crippen molar-refractivity contribution in [2.45, 2.75) is 59.7 Å². The van der Waals surface area contributed by atoms with E-state index < -0.39 is 0 Å². The van der Waals surface area contributed by atoms with Crippen LogP contribution in [0.5, 0.6) is 0 Å². The van der Waals surface area contributed by atoms with E-state index in [-0.39, 0.29) is 0 Å². The van der Waals surface area contributed by atoms with Gasteiger partial charge in [-0.1, -0.05) is 25.6 Å². The Hall–Kier alpha value is -0.220. The normalized spacial score (nSPS) is 12.9. The molecule has 4 heteroatoms. The molecule has 3 nitrogen and oxygen atoms in total. The highest BCUT2D eigenvalue weighted by atomic mass is 32.2. The lowest BCUT2D eigenvalue weighted by atomic mass is 10.4. The van der Waals surface area contributed by atoms with Crippen LogP contribution in [0.25, 0.3) is 0 Å². The first-order valence-electron chi connectivity index (χ1n) is 6.12. The van der Waals surface area contributed by atoms with Gasteiger partial charge in [0.05, 0.1) is 0 Å². The van der Waals surface area contributed by atoms with E-state index in [4.69, 9.17) is 0 Å². The van der Waals surface area contributed by atoms with E-state index in [1.807, 2.05) is 0 Å². The molecule has 0 fully saturated rings. The number of aliphatic imine (C=N–C) groups is 1. The van der Waals surface area contributed by atoms with Gasteiger partial charge >= 0.3 is 0 Å². The second-order valence-electron chi connectivity index (χ2n) is 4.78. The molecule has 0 aromatic rings. The minimum absolute atomic E-state index is 0.354. The van der Waals surface area contributed by atoms with Crippen LogP contribution in [0.3, 0.4) is 0 Å². The van der Waals surface area contributed by atoms with E-state index in [1.165, 1.54) is 0 Å². The van der Waals surface area contributed by atoms with Crippen LogP contribution in [0.15, 0.2) is 4.99 Å². The summed E-state index contributed by atoms with van der Waals surface area (Å²) in [7, 11) is 0. The molecule has 0 unspecified atom stereocenters. The molecule has 0 aromatic heterocycles. The summed E-state index contributed by atoms with van der Waals surface area (Å²) in [5.74, 6) is 1.06. The topological polar surface area (TPSA) is 36.4 Å². The monoisotopic (exact) mass is 245 g/mol. The molecule has 0 rings (SSSR count). The Morgan fingerprint density at radius 3 is 2.12 bits per heavy atom. The van der Waals surface area contributed by atoms with Crippen molar-refractivity contribution in [1.82, 2.24) is 10.6 Å². The Balaban J connectivity index is 3.93. The molecule has 0 bridgehead atoms. The van der Waals surface area contributed by atoms with Crippen molar-refractivity contribution < 1.29 is 0 Å². The van der Waals surface area contributed by atoms with Crippen molar-refractivity contribution in [3.05, 3.63) is 0 Å². The molecule has 0 aliphatic carbocycles. The zero-order valence-corrected chi connectivity index (χ0v) is 12.3. The Morgan fingerprint density at radius 1 is 1.06 bits per heavy atom. The van der Waals surface area contributed by atoms with Crippen LogP contribution in [0.2, 0.25) is 0 Å². The number of hydrogen-bond donors (Lipinski definition) is 2. The van der Waals surface area contributed by atoms with Crippen molar-refractivity contribution in [3.8, 4) is 0 Å². The summed E-state index contributed by atoms with van der Waals surface area (Å²) in [5, 5.41) is 7.85.